The van der Waals surface area contributed by atoms with Crippen LogP contribution in [0.4, 0.5) is 10.5 Å². The zero-order valence-electron chi connectivity index (χ0n) is 16.0. The van der Waals surface area contributed by atoms with E-state index < -0.39 is 35.0 Å². The van der Waals surface area contributed by atoms with Crippen molar-refractivity contribution in [3.05, 3.63) is 29.3 Å². The number of carbonyl (C=O) groups is 4. The first kappa shape index (κ1) is 20.2. The van der Waals surface area contributed by atoms with E-state index in [-0.39, 0.29) is 16.8 Å². The van der Waals surface area contributed by atoms with Crippen LogP contribution in [0.2, 0.25) is 0 Å². The maximum absolute atomic E-state index is 13.0. The molecule has 1 aromatic carbocycles. The number of hydrogen-bond acceptors (Lipinski definition) is 7. The first-order chi connectivity index (χ1) is 12.5. The van der Waals surface area contributed by atoms with E-state index in [0.29, 0.717) is 0 Å². The summed E-state index contributed by atoms with van der Waals surface area (Å²) in [6.07, 6.45) is -0.889. The highest BCUT2D eigenvalue weighted by atomic mass is 16.6. The summed E-state index contributed by atoms with van der Waals surface area (Å²) in [5, 5.41) is 0.882. The largest absolute Gasteiger partial charge is 0.468 e. The fraction of sp³-hybridized carbons (Fsp3) is 0.444. The van der Waals surface area contributed by atoms with Crippen LogP contribution in [0.5, 0.6) is 0 Å². The van der Waals surface area contributed by atoms with Gasteiger partial charge in [-0.1, -0.05) is 6.07 Å². The molecule has 0 radical (unpaired) electrons. The van der Waals surface area contributed by atoms with E-state index in [1.54, 1.807) is 20.8 Å². The lowest BCUT2D eigenvalue weighted by Gasteiger charge is -2.25. The Kier molecular flexibility index (Phi) is 5.17. The Morgan fingerprint density at radius 2 is 1.74 bits per heavy atom. The Morgan fingerprint density at radius 3 is 2.26 bits per heavy atom. The standard InChI is InChI=1S/C18H22N2O7/c1-17(2,3)27-16(24)19-20-12-9-10(13(21)25-5)7-8-11(12)18(4,14(20)22)15(23)26-6/h7-9H,1-6H3,(H,19,24). The quantitative estimate of drug-likeness (QED) is 0.484. The van der Waals surface area contributed by atoms with E-state index in [4.69, 9.17) is 9.47 Å². The van der Waals surface area contributed by atoms with Crippen molar-refractivity contribution < 1.29 is 33.4 Å². The molecule has 0 saturated carbocycles. The van der Waals surface area contributed by atoms with Gasteiger partial charge in [-0.3, -0.25) is 9.59 Å². The average molecular weight is 378 g/mol. The normalized spacial score (nSPS) is 18.6. The second-order valence-electron chi connectivity index (χ2n) is 7.09. The van der Waals surface area contributed by atoms with E-state index in [0.717, 1.165) is 12.1 Å². The highest BCUT2D eigenvalue weighted by Crippen LogP contribution is 2.42. The minimum Gasteiger partial charge on any atom is -0.468 e. The summed E-state index contributed by atoms with van der Waals surface area (Å²) < 4.78 is 14.6. The summed E-state index contributed by atoms with van der Waals surface area (Å²) in [5.74, 6) is -2.17. The molecule has 1 aromatic rings. The van der Waals surface area contributed by atoms with Crippen molar-refractivity contribution in [3.63, 3.8) is 0 Å². The third-order valence-electron chi connectivity index (χ3n) is 4.02. The van der Waals surface area contributed by atoms with E-state index in [9.17, 15) is 19.2 Å². The molecule has 9 heteroatoms. The lowest BCUT2D eigenvalue weighted by molar-refractivity contribution is -0.150. The molecule has 1 heterocycles. The van der Waals surface area contributed by atoms with Crippen LogP contribution in [0.1, 0.15) is 43.6 Å². The molecule has 2 rings (SSSR count). The molecule has 1 atom stereocenters. The number of nitrogens with zero attached hydrogens (tertiary/aromatic N) is 1. The lowest BCUT2D eigenvalue weighted by atomic mass is 9.83. The van der Waals surface area contributed by atoms with Crippen LogP contribution in [0.3, 0.4) is 0 Å². The van der Waals surface area contributed by atoms with Gasteiger partial charge < -0.3 is 14.2 Å². The molecule has 0 bridgehead atoms. The van der Waals surface area contributed by atoms with Gasteiger partial charge in [0.05, 0.1) is 25.5 Å². The Hall–Kier alpha value is -3.10. The van der Waals surface area contributed by atoms with Gasteiger partial charge >= 0.3 is 18.0 Å². The number of ether oxygens (including phenoxy) is 3. The highest BCUT2D eigenvalue weighted by Gasteiger charge is 2.55. The van der Waals surface area contributed by atoms with Gasteiger partial charge in [0.25, 0.3) is 5.91 Å². The summed E-state index contributed by atoms with van der Waals surface area (Å²) in [6, 6.07) is 4.23. The Labute approximate surface area is 156 Å². The summed E-state index contributed by atoms with van der Waals surface area (Å²) in [4.78, 5) is 49.3. The maximum atomic E-state index is 13.0. The van der Waals surface area contributed by atoms with Crippen LogP contribution in [0, 0.1) is 0 Å². The van der Waals surface area contributed by atoms with Crippen molar-refractivity contribution >= 4 is 29.6 Å². The highest BCUT2D eigenvalue weighted by molar-refractivity contribution is 6.20. The fourth-order valence-electron chi connectivity index (χ4n) is 2.74. The number of hydrogen-bond donors (Lipinski definition) is 1. The SMILES string of the molecule is COC(=O)c1ccc2c(c1)N(NC(=O)OC(C)(C)C)C(=O)C2(C)C(=O)OC. The topological polar surface area (TPSA) is 111 Å². The van der Waals surface area contributed by atoms with Gasteiger partial charge in [0.2, 0.25) is 0 Å². The lowest BCUT2D eigenvalue weighted by Crippen LogP contribution is -2.52. The van der Waals surface area contributed by atoms with Crippen LogP contribution in [0.15, 0.2) is 18.2 Å². The molecule has 0 aliphatic carbocycles. The molecule has 1 aliphatic rings. The summed E-state index contributed by atoms with van der Waals surface area (Å²) in [7, 11) is 2.38. The number of amides is 2. The van der Waals surface area contributed by atoms with Gasteiger partial charge in [0, 0.05) is 5.56 Å². The monoisotopic (exact) mass is 378 g/mol. The van der Waals surface area contributed by atoms with Crippen molar-refractivity contribution in [3.8, 4) is 0 Å². The second-order valence-corrected chi connectivity index (χ2v) is 7.09. The van der Waals surface area contributed by atoms with E-state index in [2.05, 4.69) is 10.2 Å². The smallest absolute Gasteiger partial charge is 0.427 e. The third-order valence-corrected chi connectivity index (χ3v) is 4.02. The minimum absolute atomic E-state index is 0.147. The fourth-order valence-corrected chi connectivity index (χ4v) is 2.74. The Bertz CT molecular complexity index is 812. The molecule has 0 saturated heterocycles. The number of rotatable bonds is 3. The van der Waals surface area contributed by atoms with Crippen LogP contribution < -0.4 is 10.4 Å². The summed E-state index contributed by atoms with van der Waals surface area (Å²) in [5.41, 5.74) is 0.422. The number of carbonyl (C=O) groups excluding carboxylic acids is 4. The van der Waals surface area contributed by atoms with Crippen molar-refractivity contribution in [1.82, 2.24) is 5.43 Å². The molecular formula is C18H22N2O7. The molecule has 1 aliphatic heterocycles. The van der Waals surface area contributed by atoms with Gasteiger partial charge in [0.1, 0.15) is 5.60 Å². The van der Waals surface area contributed by atoms with Crippen LogP contribution in [-0.2, 0) is 29.2 Å². The number of benzene rings is 1. The number of anilines is 1. The number of esters is 2. The molecule has 27 heavy (non-hydrogen) atoms. The zero-order valence-corrected chi connectivity index (χ0v) is 16.0. The van der Waals surface area contributed by atoms with Crippen LogP contribution in [-0.4, -0.2) is 43.8 Å². The Balaban J connectivity index is 2.53. The first-order valence-electron chi connectivity index (χ1n) is 8.11. The molecule has 9 nitrogen and oxygen atoms in total. The van der Waals surface area contributed by atoms with Crippen molar-refractivity contribution in [2.75, 3.05) is 19.2 Å². The van der Waals surface area contributed by atoms with Gasteiger partial charge in [-0.15, -0.1) is 0 Å². The minimum atomic E-state index is -1.69. The van der Waals surface area contributed by atoms with Crippen molar-refractivity contribution in [1.29, 1.82) is 0 Å². The van der Waals surface area contributed by atoms with Crippen LogP contribution in [0.25, 0.3) is 0 Å². The van der Waals surface area contributed by atoms with Gasteiger partial charge in [-0.05, 0) is 39.8 Å². The van der Waals surface area contributed by atoms with Gasteiger partial charge in [-0.2, -0.15) is 0 Å². The van der Waals surface area contributed by atoms with E-state index >= 15 is 0 Å². The molecule has 146 valence electrons. The number of nitrogens with one attached hydrogen (secondary N) is 1. The molecule has 2 amide bonds. The first-order valence-corrected chi connectivity index (χ1v) is 8.11. The van der Waals surface area contributed by atoms with Crippen molar-refractivity contribution in [2.24, 2.45) is 0 Å². The number of fused-ring (bicyclic) bond motifs is 1. The second kappa shape index (κ2) is 6.90. The molecular weight excluding hydrogens is 356 g/mol. The molecule has 0 fully saturated rings. The maximum Gasteiger partial charge on any atom is 0.427 e. The molecule has 0 spiro atoms. The molecule has 1 N–H and O–H groups in total. The van der Waals surface area contributed by atoms with E-state index in [1.807, 2.05) is 0 Å². The summed E-state index contributed by atoms with van der Waals surface area (Å²) in [6.45, 7) is 6.38. The zero-order chi connectivity index (χ0) is 20.6. The predicted octanol–water partition coefficient (Wildman–Crippen LogP) is 1.69. The van der Waals surface area contributed by atoms with Crippen LogP contribution >= 0.6 is 0 Å². The molecule has 1 unspecified atom stereocenters. The number of methoxy groups -OCH3 is 2. The predicted molar refractivity (Wildman–Crippen MR) is 94.0 cm³/mol. The molecule has 0 aromatic heterocycles. The Morgan fingerprint density at radius 1 is 1.11 bits per heavy atom. The van der Waals surface area contributed by atoms with E-state index in [1.165, 1.54) is 32.2 Å². The average Bonchev–Trinajstić information content (AvgIpc) is 2.81. The van der Waals surface area contributed by atoms with Crippen molar-refractivity contribution in [2.45, 2.75) is 38.7 Å². The summed E-state index contributed by atoms with van der Waals surface area (Å²) >= 11 is 0. The number of hydrazine groups is 1. The van der Waals surface area contributed by atoms with Gasteiger partial charge in [0.15, 0.2) is 5.41 Å². The third kappa shape index (κ3) is 3.57. The van der Waals surface area contributed by atoms with Gasteiger partial charge in [-0.25, -0.2) is 20.0 Å².